The molecule has 2 rings (SSSR count). The van der Waals surface area contributed by atoms with Crippen molar-refractivity contribution >= 4 is 0 Å². The summed E-state index contributed by atoms with van der Waals surface area (Å²) in [7, 11) is 0. The Kier molecular flexibility index (Phi) is 5.87. The number of hydrogen-bond donors (Lipinski definition) is 1. The molecule has 1 aromatic carbocycles. The quantitative estimate of drug-likeness (QED) is 0.811. The van der Waals surface area contributed by atoms with Gasteiger partial charge in [0.15, 0.2) is 0 Å². The van der Waals surface area contributed by atoms with E-state index in [2.05, 4.69) is 41.5 Å². The molecule has 0 bridgehead atoms. The predicted molar refractivity (Wildman–Crippen MR) is 84.8 cm³/mol. The highest BCUT2D eigenvalue weighted by Gasteiger charge is 2.06. The number of rotatable bonds is 8. The molecule has 1 atom stereocenters. The molecule has 1 N–H and O–H groups in total. The summed E-state index contributed by atoms with van der Waals surface area (Å²) in [6, 6.07) is 10.5. The largest absolute Gasteiger partial charge is 0.312 e. The fraction of sp³-hybridized carbons (Fsp3) is 0.562. The van der Waals surface area contributed by atoms with Crippen LogP contribution in [-0.2, 0) is 6.54 Å². The predicted octanol–water partition coefficient (Wildman–Crippen LogP) is 2.75. The molecule has 0 saturated carbocycles. The van der Waals surface area contributed by atoms with Crippen molar-refractivity contribution in [2.75, 3.05) is 6.54 Å². The maximum atomic E-state index is 4.41. The van der Waals surface area contributed by atoms with Crippen LogP contribution in [0.5, 0.6) is 0 Å². The Hall–Kier alpha value is -1.75. The lowest BCUT2D eigenvalue weighted by atomic mass is 10.0. The molecule has 0 spiro atoms. The Morgan fingerprint density at radius 2 is 1.86 bits per heavy atom. The summed E-state index contributed by atoms with van der Waals surface area (Å²) in [5, 5.41) is 16.1. The van der Waals surface area contributed by atoms with E-state index in [4.69, 9.17) is 0 Å². The van der Waals surface area contributed by atoms with Gasteiger partial charge in [0, 0.05) is 18.2 Å². The van der Waals surface area contributed by atoms with Crippen LogP contribution in [0.15, 0.2) is 30.3 Å². The molecule has 5 nitrogen and oxygen atoms in total. The van der Waals surface area contributed by atoms with Crippen LogP contribution in [0, 0.1) is 5.92 Å². The van der Waals surface area contributed by atoms with Gasteiger partial charge in [-0.1, -0.05) is 44.2 Å². The first kappa shape index (κ1) is 15.6. The zero-order valence-electron chi connectivity index (χ0n) is 13.2. The number of aromatic nitrogens is 4. The van der Waals surface area contributed by atoms with Crippen LogP contribution in [0.4, 0.5) is 0 Å². The second kappa shape index (κ2) is 7.88. The zero-order valence-corrected chi connectivity index (χ0v) is 13.2. The van der Waals surface area contributed by atoms with E-state index >= 15 is 0 Å². The first-order valence-corrected chi connectivity index (χ1v) is 7.71. The molecule has 114 valence electrons. The smallest absolute Gasteiger partial charge is 0.204 e. The zero-order chi connectivity index (χ0) is 15.1. The van der Waals surface area contributed by atoms with Gasteiger partial charge in [-0.05, 0) is 30.9 Å². The van der Waals surface area contributed by atoms with Crippen LogP contribution in [0.1, 0.15) is 33.6 Å². The van der Waals surface area contributed by atoms with Crippen molar-refractivity contribution in [3.63, 3.8) is 0 Å². The third-order valence-electron chi connectivity index (χ3n) is 3.47. The van der Waals surface area contributed by atoms with Gasteiger partial charge in [-0.15, -0.1) is 10.2 Å². The molecule has 0 aliphatic rings. The third-order valence-corrected chi connectivity index (χ3v) is 3.47. The molecule has 0 amide bonds. The van der Waals surface area contributed by atoms with Gasteiger partial charge in [0.1, 0.15) is 0 Å². The Morgan fingerprint density at radius 1 is 1.10 bits per heavy atom. The molecule has 0 radical (unpaired) electrons. The molecule has 0 aliphatic carbocycles. The van der Waals surface area contributed by atoms with Gasteiger partial charge in [-0.25, -0.2) is 0 Å². The van der Waals surface area contributed by atoms with Crippen LogP contribution in [0.2, 0.25) is 0 Å². The minimum Gasteiger partial charge on any atom is -0.312 e. The van der Waals surface area contributed by atoms with Gasteiger partial charge in [0.05, 0.1) is 6.54 Å². The Balaban J connectivity index is 1.76. The maximum Gasteiger partial charge on any atom is 0.204 e. The van der Waals surface area contributed by atoms with Crippen LogP contribution < -0.4 is 5.32 Å². The van der Waals surface area contributed by atoms with E-state index in [1.807, 2.05) is 30.3 Å². The topological polar surface area (TPSA) is 55.6 Å². The fourth-order valence-corrected chi connectivity index (χ4v) is 2.14. The molecule has 1 heterocycles. The van der Waals surface area contributed by atoms with Gasteiger partial charge in [0.2, 0.25) is 5.82 Å². The Morgan fingerprint density at radius 3 is 2.57 bits per heavy atom. The molecular formula is C16H25N5. The third kappa shape index (κ3) is 5.27. The van der Waals surface area contributed by atoms with Gasteiger partial charge in [-0.2, -0.15) is 4.80 Å². The number of hydrogen-bond acceptors (Lipinski definition) is 4. The van der Waals surface area contributed by atoms with Crippen LogP contribution in [-0.4, -0.2) is 32.8 Å². The average Bonchev–Trinajstić information content (AvgIpc) is 2.95. The maximum absolute atomic E-state index is 4.41. The monoisotopic (exact) mass is 287 g/mol. The molecule has 0 saturated heterocycles. The van der Waals surface area contributed by atoms with Crippen molar-refractivity contribution in [1.82, 2.24) is 25.5 Å². The lowest BCUT2D eigenvalue weighted by molar-refractivity contribution is 0.420. The summed E-state index contributed by atoms with van der Waals surface area (Å²) in [4.78, 5) is 1.66. The van der Waals surface area contributed by atoms with E-state index in [0.717, 1.165) is 24.6 Å². The highest BCUT2D eigenvalue weighted by Crippen LogP contribution is 2.11. The van der Waals surface area contributed by atoms with Crippen molar-refractivity contribution in [2.45, 2.75) is 46.2 Å². The van der Waals surface area contributed by atoms with E-state index < -0.39 is 0 Å². The van der Waals surface area contributed by atoms with Gasteiger partial charge in [-0.3, -0.25) is 0 Å². The van der Waals surface area contributed by atoms with E-state index in [9.17, 15) is 0 Å². The highest BCUT2D eigenvalue weighted by atomic mass is 15.6. The number of nitrogens with one attached hydrogen (secondary N) is 1. The molecule has 2 aromatic rings. The normalized spacial score (nSPS) is 12.8. The first-order chi connectivity index (χ1) is 10.1. The first-order valence-electron chi connectivity index (χ1n) is 7.71. The molecule has 0 aliphatic heterocycles. The summed E-state index contributed by atoms with van der Waals surface area (Å²) in [5.74, 6) is 1.45. The van der Waals surface area contributed by atoms with Crippen molar-refractivity contribution in [1.29, 1.82) is 0 Å². The highest BCUT2D eigenvalue weighted by molar-refractivity contribution is 5.52. The Labute approximate surface area is 126 Å². The van der Waals surface area contributed by atoms with Crippen LogP contribution in [0.3, 0.4) is 0 Å². The molecule has 5 heteroatoms. The van der Waals surface area contributed by atoms with E-state index in [-0.39, 0.29) is 0 Å². The van der Waals surface area contributed by atoms with Gasteiger partial charge in [0.25, 0.3) is 0 Å². The number of nitrogens with zero attached hydrogens (tertiary/aromatic N) is 4. The standard InChI is InChI=1S/C16H25N5/c1-13(2)9-10-14(3)17-11-12-21-19-16(18-20-21)15-7-5-4-6-8-15/h4-8,13-14,17H,9-12H2,1-3H3. The van der Waals surface area contributed by atoms with E-state index in [0.29, 0.717) is 11.9 Å². The average molecular weight is 287 g/mol. The SMILES string of the molecule is CC(C)CCC(C)NCCn1nnc(-c2ccccc2)n1. The molecule has 0 fully saturated rings. The van der Waals surface area contributed by atoms with Gasteiger partial charge < -0.3 is 5.32 Å². The summed E-state index contributed by atoms with van der Waals surface area (Å²) < 4.78 is 0. The Bertz CT molecular complexity index is 520. The fourth-order valence-electron chi connectivity index (χ4n) is 2.14. The van der Waals surface area contributed by atoms with E-state index in [1.165, 1.54) is 12.8 Å². The minimum atomic E-state index is 0.532. The lowest BCUT2D eigenvalue weighted by Crippen LogP contribution is -2.30. The van der Waals surface area contributed by atoms with Crippen LogP contribution >= 0.6 is 0 Å². The number of tetrazole rings is 1. The van der Waals surface area contributed by atoms with Gasteiger partial charge >= 0.3 is 0 Å². The molecule has 1 aromatic heterocycles. The lowest BCUT2D eigenvalue weighted by Gasteiger charge is -2.14. The second-order valence-corrected chi connectivity index (χ2v) is 5.90. The molecule has 1 unspecified atom stereocenters. The van der Waals surface area contributed by atoms with Crippen LogP contribution in [0.25, 0.3) is 11.4 Å². The number of benzene rings is 1. The van der Waals surface area contributed by atoms with Crippen molar-refractivity contribution < 1.29 is 0 Å². The second-order valence-electron chi connectivity index (χ2n) is 5.90. The van der Waals surface area contributed by atoms with Crippen molar-refractivity contribution in [3.05, 3.63) is 30.3 Å². The summed E-state index contributed by atoms with van der Waals surface area (Å²) in [6.45, 7) is 8.36. The summed E-state index contributed by atoms with van der Waals surface area (Å²) in [6.07, 6.45) is 2.46. The van der Waals surface area contributed by atoms with E-state index in [1.54, 1.807) is 4.80 Å². The summed E-state index contributed by atoms with van der Waals surface area (Å²) >= 11 is 0. The summed E-state index contributed by atoms with van der Waals surface area (Å²) in [5.41, 5.74) is 1.00. The van der Waals surface area contributed by atoms with Crippen molar-refractivity contribution in [3.8, 4) is 11.4 Å². The van der Waals surface area contributed by atoms with Crippen molar-refractivity contribution in [2.24, 2.45) is 5.92 Å². The molecular weight excluding hydrogens is 262 g/mol. The molecule has 21 heavy (non-hydrogen) atoms. The minimum absolute atomic E-state index is 0.532.